The van der Waals surface area contributed by atoms with Gasteiger partial charge in [-0.2, -0.15) is 0 Å². The quantitative estimate of drug-likeness (QED) is 0.310. The number of aromatic nitrogens is 1. The molecule has 0 radical (unpaired) electrons. The van der Waals surface area contributed by atoms with Gasteiger partial charge in [-0.3, -0.25) is 0 Å². The summed E-state index contributed by atoms with van der Waals surface area (Å²) in [6, 6.07) is 1.98. The Hall–Kier alpha value is -1.86. The molecule has 7 heteroatoms. The van der Waals surface area contributed by atoms with Crippen molar-refractivity contribution in [2.75, 3.05) is 31.2 Å². The van der Waals surface area contributed by atoms with Crippen molar-refractivity contribution >= 4 is 11.7 Å². The van der Waals surface area contributed by atoms with Gasteiger partial charge in [0.2, 0.25) is 0 Å². The molecule has 1 aromatic heterocycles. The van der Waals surface area contributed by atoms with Gasteiger partial charge in [0.05, 0.1) is 24.9 Å². The summed E-state index contributed by atoms with van der Waals surface area (Å²) >= 11 is 0. The van der Waals surface area contributed by atoms with Crippen molar-refractivity contribution in [3.63, 3.8) is 0 Å². The number of amidine groups is 1. The van der Waals surface area contributed by atoms with E-state index in [1.165, 1.54) is 5.56 Å². The molecule has 0 bridgehead atoms. The van der Waals surface area contributed by atoms with E-state index in [9.17, 15) is 5.11 Å². The molecule has 0 saturated carbocycles. The first kappa shape index (κ1) is 14.1. The molecule has 114 valence electrons. The molecule has 0 amide bonds. The van der Waals surface area contributed by atoms with E-state index in [2.05, 4.69) is 5.16 Å². The van der Waals surface area contributed by atoms with E-state index in [0.29, 0.717) is 31.1 Å². The third kappa shape index (κ3) is 2.66. The zero-order valence-electron chi connectivity index (χ0n) is 11.8. The fourth-order valence-electron chi connectivity index (χ4n) is 2.97. The minimum absolute atomic E-state index is 0.0274. The van der Waals surface area contributed by atoms with Crippen molar-refractivity contribution in [1.82, 2.24) is 4.98 Å². The highest BCUT2D eigenvalue weighted by atomic mass is 16.5. The van der Waals surface area contributed by atoms with Crippen LogP contribution in [-0.4, -0.2) is 53.5 Å². The van der Waals surface area contributed by atoms with Crippen LogP contribution in [0.4, 0.5) is 5.82 Å². The second-order valence-corrected chi connectivity index (χ2v) is 5.43. The average molecular weight is 292 g/mol. The lowest BCUT2D eigenvalue weighted by molar-refractivity contribution is 0.00334. The Morgan fingerprint density at radius 3 is 3.14 bits per heavy atom. The number of hydrogen-bond acceptors (Lipinski definition) is 6. The molecule has 2 heterocycles. The van der Waals surface area contributed by atoms with Gasteiger partial charge in [0.25, 0.3) is 0 Å². The van der Waals surface area contributed by atoms with Crippen LogP contribution >= 0.6 is 0 Å². The molecule has 1 aromatic rings. The van der Waals surface area contributed by atoms with E-state index < -0.39 is 0 Å². The van der Waals surface area contributed by atoms with Gasteiger partial charge in [-0.15, -0.1) is 0 Å². The number of morpholine rings is 1. The van der Waals surface area contributed by atoms with Gasteiger partial charge in [0, 0.05) is 18.8 Å². The van der Waals surface area contributed by atoms with Gasteiger partial charge >= 0.3 is 0 Å². The summed E-state index contributed by atoms with van der Waals surface area (Å²) in [5.41, 5.74) is 8.73. The maximum absolute atomic E-state index is 9.27. The Morgan fingerprint density at radius 2 is 2.38 bits per heavy atom. The average Bonchev–Trinajstić information content (AvgIpc) is 3.00. The number of anilines is 1. The van der Waals surface area contributed by atoms with E-state index in [1.807, 2.05) is 11.0 Å². The molecule has 1 atom stereocenters. The second kappa shape index (κ2) is 5.87. The minimum Gasteiger partial charge on any atom is -0.409 e. The van der Waals surface area contributed by atoms with E-state index in [4.69, 9.17) is 20.7 Å². The van der Waals surface area contributed by atoms with E-state index in [-0.39, 0.29) is 18.5 Å². The highest BCUT2D eigenvalue weighted by molar-refractivity contribution is 6.01. The molecular weight excluding hydrogens is 272 g/mol. The third-order valence-corrected chi connectivity index (χ3v) is 4.06. The first-order chi connectivity index (χ1) is 10.2. The molecular formula is C14H20N4O3. The fraction of sp³-hybridized carbons (Fsp3) is 0.571. The van der Waals surface area contributed by atoms with Gasteiger partial charge < -0.3 is 25.7 Å². The van der Waals surface area contributed by atoms with Crippen molar-refractivity contribution < 1.29 is 15.1 Å². The molecule has 1 fully saturated rings. The van der Waals surface area contributed by atoms with Crippen LogP contribution in [0.25, 0.3) is 0 Å². The number of aliphatic hydroxyl groups is 1. The number of fused-ring (bicyclic) bond motifs is 1. The van der Waals surface area contributed by atoms with Crippen LogP contribution in [-0.2, 0) is 17.6 Å². The second-order valence-electron chi connectivity index (χ2n) is 5.43. The highest BCUT2D eigenvalue weighted by Crippen LogP contribution is 2.28. The van der Waals surface area contributed by atoms with Crippen LogP contribution in [0.15, 0.2) is 11.2 Å². The van der Waals surface area contributed by atoms with Crippen molar-refractivity contribution in [2.24, 2.45) is 10.9 Å². The number of aryl methyl sites for hydroxylation is 2. The maximum Gasteiger partial charge on any atom is 0.173 e. The third-order valence-electron chi connectivity index (χ3n) is 4.06. The minimum atomic E-state index is -0.228. The van der Waals surface area contributed by atoms with Gasteiger partial charge in [-0.05, 0) is 30.9 Å². The topological polar surface area (TPSA) is 104 Å². The molecule has 0 aromatic carbocycles. The van der Waals surface area contributed by atoms with Crippen LogP contribution < -0.4 is 10.6 Å². The predicted molar refractivity (Wildman–Crippen MR) is 77.8 cm³/mol. The SMILES string of the molecule is N/C(=N/O)c1cc2c(nc1N1CCOC(CO)C1)CCC2. The maximum atomic E-state index is 9.27. The van der Waals surface area contributed by atoms with Crippen LogP contribution in [0.2, 0.25) is 0 Å². The number of ether oxygens (including phenoxy) is 1. The monoisotopic (exact) mass is 292 g/mol. The van der Waals surface area contributed by atoms with Crippen molar-refractivity contribution in [3.8, 4) is 0 Å². The van der Waals surface area contributed by atoms with E-state index >= 15 is 0 Å². The number of aliphatic hydroxyl groups excluding tert-OH is 1. The van der Waals surface area contributed by atoms with Crippen molar-refractivity contribution in [2.45, 2.75) is 25.4 Å². The number of hydrogen-bond donors (Lipinski definition) is 3. The highest BCUT2D eigenvalue weighted by Gasteiger charge is 2.26. The normalized spacial score (nSPS) is 22.4. The number of pyridine rings is 1. The molecule has 1 aliphatic heterocycles. The van der Waals surface area contributed by atoms with Crippen LogP contribution in [0.5, 0.6) is 0 Å². The smallest absolute Gasteiger partial charge is 0.173 e. The van der Waals surface area contributed by atoms with Gasteiger partial charge in [0.15, 0.2) is 5.84 Å². The largest absolute Gasteiger partial charge is 0.409 e. The van der Waals surface area contributed by atoms with Crippen LogP contribution in [0, 0.1) is 0 Å². The summed E-state index contributed by atoms with van der Waals surface area (Å²) in [4.78, 5) is 6.77. The van der Waals surface area contributed by atoms with Gasteiger partial charge in [-0.1, -0.05) is 5.16 Å². The lowest BCUT2D eigenvalue weighted by Gasteiger charge is -2.34. The summed E-state index contributed by atoms with van der Waals surface area (Å²) in [5, 5.41) is 21.4. The van der Waals surface area contributed by atoms with Crippen molar-refractivity contribution in [1.29, 1.82) is 0 Å². The Bertz CT molecular complexity index is 561. The van der Waals surface area contributed by atoms with Gasteiger partial charge in [0.1, 0.15) is 5.82 Å². The zero-order chi connectivity index (χ0) is 14.8. The summed E-state index contributed by atoms with van der Waals surface area (Å²) in [5.74, 6) is 0.784. The molecule has 21 heavy (non-hydrogen) atoms. The molecule has 1 saturated heterocycles. The molecule has 2 aliphatic rings. The molecule has 1 aliphatic carbocycles. The van der Waals surface area contributed by atoms with Crippen molar-refractivity contribution in [3.05, 3.63) is 22.9 Å². The molecule has 7 nitrogen and oxygen atoms in total. The lowest BCUT2D eigenvalue weighted by atomic mass is 10.1. The first-order valence-corrected chi connectivity index (χ1v) is 7.21. The summed E-state index contributed by atoms with van der Waals surface area (Å²) < 4.78 is 5.47. The Morgan fingerprint density at radius 1 is 1.52 bits per heavy atom. The number of nitrogens with zero attached hydrogens (tertiary/aromatic N) is 3. The summed E-state index contributed by atoms with van der Waals surface area (Å²) in [7, 11) is 0. The van der Waals surface area contributed by atoms with Crippen LogP contribution in [0.3, 0.4) is 0 Å². The number of rotatable bonds is 3. The fourth-order valence-corrected chi connectivity index (χ4v) is 2.97. The predicted octanol–water partition coefficient (Wildman–Crippen LogP) is -0.138. The molecule has 1 unspecified atom stereocenters. The standard InChI is InChI=1S/C14H20N4O3/c15-13(17-20)11-6-9-2-1-3-12(9)16-14(11)18-4-5-21-10(7-18)8-19/h6,10,19-20H,1-5,7-8H2,(H2,15,17). The Balaban J connectivity index is 1.99. The Kier molecular flexibility index (Phi) is 3.94. The van der Waals surface area contributed by atoms with E-state index in [0.717, 1.165) is 25.0 Å². The first-order valence-electron chi connectivity index (χ1n) is 7.21. The number of nitrogens with two attached hydrogens (primary N) is 1. The molecule has 4 N–H and O–H groups in total. The van der Waals surface area contributed by atoms with Gasteiger partial charge in [-0.25, -0.2) is 4.98 Å². The molecule has 0 spiro atoms. The zero-order valence-corrected chi connectivity index (χ0v) is 11.8. The molecule has 3 rings (SSSR count). The lowest BCUT2D eigenvalue weighted by Crippen LogP contribution is -2.45. The Labute approximate surface area is 123 Å². The number of oxime groups is 1. The summed E-state index contributed by atoms with van der Waals surface area (Å²) in [6.07, 6.45) is 2.81. The van der Waals surface area contributed by atoms with Crippen LogP contribution in [0.1, 0.15) is 23.2 Å². The van der Waals surface area contributed by atoms with E-state index in [1.54, 1.807) is 0 Å². The summed E-state index contributed by atoms with van der Waals surface area (Å²) in [6.45, 7) is 1.72.